The van der Waals surface area contributed by atoms with Gasteiger partial charge in [-0.1, -0.05) is 17.7 Å². The lowest BCUT2D eigenvalue weighted by Gasteiger charge is -2.43. The van der Waals surface area contributed by atoms with Gasteiger partial charge in [0, 0.05) is 30.2 Å². The van der Waals surface area contributed by atoms with Gasteiger partial charge in [-0.3, -0.25) is 9.59 Å². The Labute approximate surface area is 233 Å². The summed E-state index contributed by atoms with van der Waals surface area (Å²) in [5.41, 5.74) is 3.10. The number of hydrogen-bond acceptors (Lipinski definition) is 7. The van der Waals surface area contributed by atoms with Gasteiger partial charge < -0.3 is 20.1 Å². The number of anilines is 1. The number of ether oxygens (including phenoxy) is 1. The van der Waals surface area contributed by atoms with Crippen LogP contribution in [0, 0.1) is 11.8 Å². The number of carbonyl (C=O) groups excluding carboxylic acids is 2. The number of fused-ring (bicyclic) bond motifs is 3. The molecule has 3 atom stereocenters. The predicted octanol–water partition coefficient (Wildman–Crippen LogP) is 3.03. The lowest BCUT2D eigenvalue weighted by atomic mass is 9.69. The molecule has 0 spiro atoms. The van der Waals surface area contributed by atoms with E-state index in [-0.39, 0.29) is 30.4 Å². The van der Waals surface area contributed by atoms with Gasteiger partial charge in [-0.05, 0) is 85.4 Å². The number of aliphatic hydroxyl groups is 1. The second kappa shape index (κ2) is 11.7. The summed E-state index contributed by atoms with van der Waals surface area (Å²) in [6, 6.07) is 10.8. The molecule has 39 heavy (non-hydrogen) atoms. The molecule has 2 bridgehead atoms. The SMILES string of the molecule is O=C1C[C@H](O)C2CCC2CN2CCCCc3cc(Cl)ccc3COc3ccc(cc32)C(=O)NS(=O)(=O)CCN1. The second-order valence-electron chi connectivity index (χ2n) is 10.7. The molecule has 3 N–H and O–H groups in total. The van der Waals surface area contributed by atoms with E-state index in [9.17, 15) is 23.1 Å². The Balaban J connectivity index is 1.51. The van der Waals surface area contributed by atoms with Crippen molar-refractivity contribution in [1.82, 2.24) is 10.0 Å². The zero-order valence-electron chi connectivity index (χ0n) is 21.7. The molecule has 0 saturated heterocycles. The van der Waals surface area contributed by atoms with Crippen molar-refractivity contribution in [2.75, 3.05) is 30.3 Å². The quantitative estimate of drug-likeness (QED) is 0.441. The molecule has 0 radical (unpaired) electrons. The molecule has 2 aliphatic heterocycles. The number of sulfonamides is 1. The average Bonchev–Trinajstić information content (AvgIpc) is 2.88. The van der Waals surface area contributed by atoms with E-state index in [1.807, 2.05) is 18.2 Å². The smallest absolute Gasteiger partial charge is 0.264 e. The molecule has 2 heterocycles. The minimum Gasteiger partial charge on any atom is -0.487 e. The van der Waals surface area contributed by atoms with Crippen LogP contribution in [0.4, 0.5) is 5.69 Å². The number of aryl methyl sites for hydroxylation is 1. The van der Waals surface area contributed by atoms with E-state index in [1.165, 1.54) is 0 Å². The van der Waals surface area contributed by atoms with Crippen molar-refractivity contribution in [2.24, 2.45) is 11.8 Å². The van der Waals surface area contributed by atoms with E-state index in [2.05, 4.69) is 14.9 Å². The molecule has 1 saturated carbocycles. The van der Waals surface area contributed by atoms with Gasteiger partial charge in [0.2, 0.25) is 15.9 Å². The highest BCUT2D eigenvalue weighted by Gasteiger charge is 2.38. The van der Waals surface area contributed by atoms with Gasteiger partial charge in [0.1, 0.15) is 12.4 Å². The number of hydrogen-bond donors (Lipinski definition) is 3. The third-order valence-corrected chi connectivity index (χ3v) is 9.47. The molecule has 9 nitrogen and oxygen atoms in total. The summed E-state index contributed by atoms with van der Waals surface area (Å²) in [6.45, 7) is 1.49. The molecule has 2 aromatic rings. The van der Waals surface area contributed by atoms with Gasteiger partial charge in [0.25, 0.3) is 5.91 Å². The summed E-state index contributed by atoms with van der Waals surface area (Å²) in [6.07, 6.45) is 3.51. The van der Waals surface area contributed by atoms with E-state index in [0.29, 0.717) is 36.2 Å². The van der Waals surface area contributed by atoms with Crippen LogP contribution in [0.15, 0.2) is 36.4 Å². The fourth-order valence-corrected chi connectivity index (χ4v) is 6.75. The third kappa shape index (κ3) is 6.67. The highest BCUT2D eigenvalue weighted by Crippen LogP contribution is 2.41. The normalized spacial score (nSPS) is 25.9. The van der Waals surface area contributed by atoms with Crippen molar-refractivity contribution in [3.8, 4) is 5.75 Å². The molecule has 3 aliphatic rings. The minimum atomic E-state index is -3.99. The van der Waals surface area contributed by atoms with Gasteiger partial charge in [-0.15, -0.1) is 0 Å². The third-order valence-electron chi connectivity index (χ3n) is 8.00. The van der Waals surface area contributed by atoms with Crippen molar-refractivity contribution in [2.45, 2.75) is 51.2 Å². The Morgan fingerprint density at radius 1 is 1.05 bits per heavy atom. The van der Waals surface area contributed by atoms with Crippen LogP contribution in [0.25, 0.3) is 0 Å². The first-order valence-corrected chi connectivity index (χ1v) is 15.5. The molecule has 0 aromatic heterocycles. The predicted molar refractivity (Wildman–Crippen MR) is 148 cm³/mol. The molecular weight excluding hydrogens is 542 g/mol. The van der Waals surface area contributed by atoms with E-state index in [1.54, 1.807) is 18.2 Å². The Kier molecular flexibility index (Phi) is 8.35. The number of carbonyl (C=O) groups is 2. The summed E-state index contributed by atoms with van der Waals surface area (Å²) in [7, 11) is -3.99. The standard InChI is InChI=1S/C28H34ClN3O6S/c29-22-7-4-21-17-38-26-9-6-19-14-24(26)32(11-2-1-3-18(21)13-22)16-20-5-8-23(20)25(33)15-27(34)30-10-12-39(36,37)31-28(19)35/h4,6-7,9,13-14,20,23,25,33H,1-3,5,8,10-12,15-17H2,(H,30,34)(H,31,35)/t20?,23?,25-/m0/s1. The molecule has 1 aliphatic carbocycles. The molecule has 5 rings (SSSR count). The lowest BCUT2D eigenvalue weighted by molar-refractivity contribution is -0.124. The van der Waals surface area contributed by atoms with Crippen molar-refractivity contribution in [3.63, 3.8) is 0 Å². The number of aliphatic hydroxyl groups excluding tert-OH is 1. The van der Waals surface area contributed by atoms with Crippen LogP contribution in [0.1, 0.15) is 53.6 Å². The van der Waals surface area contributed by atoms with Crippen molar-refractivity contribution < 1.29 is 27.9 Å². The largest absolute Gasteiger partial charge is 0.487 e. The topological polar surface area (TPSA) is 125 Å². The van der Waals surface area contributed by atoms with Gasteiger partial charge >= 0.3 is 0 Å². The van der Waals surface area contributed by atoms with Gasteiger partial charge in [0.15, 0.2) is 0 Å². The van der Waals surface area contributed by atoms with Crippen LogP contribution in [0.5, 0.6) is 5.75 Å². The first-order chi connectivity index (χ1) is 18.7. The van der Waals surface area contributed by atoms with Crippen LogP contribution in [-0.2, 0) is 27.8 Å². The van der Waals surface area contributed by atoms with Crippen LogP contribution >= 0.6 is 11.6 Å². The Hall–Kier alpha value is -2.82. The Bertz CT molecular complexity index is 1350. The second-order valence-corrected chi connectivity index (χ2v) is 12.9. The summed E-state index contributed by atoms with van der Waals surface area (Å²) >= 11 is 6.26. The zero-order valence-corrected chi connectivity index (χ0v) is 23.3. The van der Waals surface area contributed by atoms with E-state index < -0.39 is 33.7 Å². The van der Waals surface area contributed by atoms with Crippen molar-refractivity contribution in [1.29, 1.82) is 0 Å². The summed E-state index contributed by atoms with van der Waals surface area (Å²) in [5, 5.41) is 14.1. The molecule has 2 unspecified atom stereocenters. The summed E-state index contributed by atoms with van der Waals surface area (Å²) < 4.78 is 33.5. The van der Waals surface area contributed by atoms with E-state index in [4.69, 9.17) is 16.3 Å². The first-order valence-electron chi connectivity index (χ1n) is 13.5. The Morgan fingerprint density at radius 3 is 2.69 bits per heavy atom. The Morgan fingerprint density at radius 2 is 1.90 bits per heavy atom. The fraction of sp³-hybridized carbons (Fsp3) is 0.500. The first kappa shape index (κ1) is 27.7. The summed E-state index contributed by atoms with van der Waals surface area (Å²) in [5.74, 6) is -0.856. The minimum absolute atomic E-state index is 0.0344. The van der Waals surface area contributed by atoms with E-state index in [0.717, 1.165) is 43.2 Å². The molecule has 210 valence electrons. The van der Waals surface area contributed by atoms with Crippen molar-refractivity contribution >= 4 is 39.1 Å². The molecule has 1 fully saturated rings. The molecule has 2 aromatic carbocycles. The maximum absolute atomic E-state index is 13.0. The monoisotopic (exact) mass is 575 g/mol. The van der Waals surface area contributed by atoms with Crippen molar-refractivity contribution in [3.05, 3.63) is 58.1 Å². The molecule has 2 amide bonds. The number of amides is 2. The molecule has 11 heteroatoms. The number of rotatable bonds is 0. The number of nitrogens with zero attached hydrogens (tertiary/aromatic N) is 1. The zero-order chi connectivity index (χ0) is 27.6. The highest BCUT2D eigenvalue weighted by atomic mass is 35.5. The van der Waals surface area contributed by atoms with E-state index >= 15 is 0 Å². The highest BCUT2D eigenvalue weighted by molar-refractivity contribution is 7.90. The number of benzene rings is 2. The summed E-state index contributed by atoms with van der Waals surface area (Å²) in [4.78, 5) is 27.5. The maximum atomic E-state index is 13.0. The van der Waals surface area contributed by atoms with Crippen LogP contribution in [0.3, 0.4) is 0 Å². The van der Waals surface area contributed by atoms with Crippen LogP contribution in [-0.4, -0.2) is 56.8 Å². The number of nitrogens with one attached hydrogen (secondary N) is 2. The molecular formula is C28H34ClN3O6S. The average molecular weight is 576 g/mol. The van der Waals surface area contributed by atoms with Crippen LogP contribution in [0.2, 0.25) is 5.02 Å². The fourth-order valence-electron chi connectivity index (χ4n) is 5.68. The number of halogens is 1. The maximum Gasteiger partial charge on any atom is 0.264 e. The lowest BCUT2D eigenvalue weighted by Crippen LogP contribution is -2.45. The van der Waals surface area contributed by atoms with Gasteiger partial charge in [0.05, 0.1) is 24.0 Å². The van der Waals surface area contributed by atoms with Gasteiger partial charge in [-0.25, -0.2) is 13.1 Å². The van der Waals surface area contributed by atoms with Gasteiger partial charge in [-0.2, -0.15) is 0 Å². The van der Waals surface area contributed by atoms with Crippen LogP contribution < -0.4 is 19.7 Å².